The molecule has 0 aliphatic carbocycles. The van der Waals surface area contributed by atoms with Crippen LogP contribution in [0.25, 0.3) is 0 Å². The van der Waals surface area contributed by atoms with E-state index < -0.39 is 0 Å². The van der Waals surface area contributed by atoms with Gasteiger partial charge in [-0.05, 0) is 42.8 Å². The van der Waals surface area contributed by atoms with Gasteiger partial charge in [0.2, 0.25) is 0 Å². The van der Waals surface area contributed by atoms with E-state index in [0.29, 0.717) is 27.2 Å². The van der Waals surface area contributed by atoms with Gasteiger partial charge in [-0.3, -0.25) is 4.79 Å². The third-order valence-electron chi connectivity index (χ3n) is 2.83. The van der Waals surface area contributed by atoms with Crippen LogP contribution in [0, 0.1) is 6.92 Å². The zero-order valence-corrected chi connectivity index (χ0v) is 14.7. The quantitative estimate of drug-likeness (QED) is 0.729. The van der Waals surface area contributed by atoms with Crippen LogP contribution in [0.3, 0.4) is 0 Å². The number of halogens is 3. The number of nitrogen functional groups attached to an aromatic ring is 1. The molecule has 7 heteroatoms. The van der Waals surface area contributed by atoms with Crippen molar-refractivity contribution in [3.63, 3.8) is 0 Å². The van der Waals surface area contributed by atoms with Crippen LogP contribution >= 0.6 is 39.1 Å². The van der Waals surface area contributed by atoms with Gasteiger partial charge in [0, 0.05) is 9.50 Å². The van der Waals surface area contributed by atoms with Gasteiger partial charge in [-0.25, -0.2) is 0 Å². The smallest absolute Gasteiger partial charge is 0.262 e. The first-order chi connectivity index (χ1) is 10.4. The van der Waals surface area contributed by atoms with Gasteiger partial charge in [0.1, 0.15) is 5.75 Å². The number of carbonyl (C=O) groups is 1. The number of amides is 1. The van der Waals surface area contributed by atoms with Gasteiger partial charge in [-0.1, -0.05) is 39.1 Å². The van der Waals surface area contributed by atoms with E-state index in [9.17, 15) is 4.79 Å². The van der Waals surface area contributed by atoms with Crippen molar-refractivity contribution in [2.45, 2.75) is 6.92 Å². The molecule has 2 aromatic rings. The van der Waals surface area contributed by atoms with Crippen LogP contribution in [0.1, 0.15) is 5.56 Å². The molecule has 0 radical (unpaired) electrons. The second-order valence-electron chi connectivity index (χ2n) is 4.60. The third-order valence-corrected chi connectivity index (χ3v) is 3.82. The summed E-state index contributed by atoms with van der Waals surface area (Å²) in [4.78, 5) is 11.9. The maximum atomic E-state index is 11.9. The van der Waals surface area contributed by atoms with Gasteiger partial charge in [-0.15, -0.1) is 0 Å². The minimum absolute atomic E-state index is 0.183. The van der Waals surface area contributed by atoms with E-state index >= 15 is 0 Å². The number of nitrogens with one attached hydrogen (secondary N) is 1. The van der Waals surface area contributed by atoms with E-state index in [1.807, 2.05) is 0 Å². The molecule has 0 aliphatic heterocycles. The third kappa shape index (κ3) is 4.29. The molecule has 0 fully saturated rings. The summed E-state index contributed by atoms with van der Waals surface area (Å²) in [6, 6.07) is 8.48. The predicted molar refractivity (Wildman–Crippen MR) is 93.9 cm³/mol. The fourth-order valence-electron chi connectivity index (χ4n) is 1.84. The molecule has 2 rings (SSSR count). The average molecular weight is 404 g/mol. The molecule has 0 aromatic heterocycles. The first kappa shape index (κ1) is 16.9. The van der Waals surface area contributed by atoms with Gasteiger partial charge >= 0.3 is 0 Å². The maximum absolute atomic E-state index is 11.9. The molecule has 0 atom stereocenters. The highest BCUT2D eigenvalue weighted by atomic mass is 79.9. The molecule has 22 heavy (non-hydrogen) atoms. The summed E-state index contributed by atoms with van der Waals surface area (Å²) < 4.78 is 6.30. The first-order valence-corrected chi connectivity index (χ1v) is 7.85. The Morgan fingerprint density at radius 1 is 1.32 bits per heavy atom. The number of anilines is 2. The first-order valence-electron chi connectivity index (χ1n) is 6.30. The van der Waals surface area contributed by atoms with Crippen molar-refractivity contribution in [3.8, 4) is 5.75 Å². The molecular weight excluding hydrogens is 391 g/mol. The minimum atomic E-state index is -0.334. The van der Waals surface area contributed by atoms with Crippen LogP contribution in [-0.2, 0) is 4.79 Å². The van der Waals surface area contributed by atoms with Crippen molar-refractivity contribution in [2.75, 3.05) is 17.7 Å². The van der Waals surface area contributed by atoms with Crippen molar-refractivity contribution in [1.82, 2.24) is 0 Å². The van der Waals surface area contributed by atoms with Crippen LogP contribution in [0.2, 0.25) is 10.0 Å². The zero-order chi connectivity index (χ0) is 16.3. The molecule has 3 N–H and O–H groups in total. The molecule has 2 aromatic carbocycles. The predicted octanol–water partition coefficient (Wildman–Crippen LogP) is 4.66. The molecule has 116 valence electrons. The second-order valence-corrected chi connectivity index (χ2v) is 6.36. The SMILES string of the molecule is Cc1cc(Cl)cc(Cl)c1OCC(=O)Nc1ccc(Br)cc1N. The number of carbonyl (C=O) groups excluding carboxylic acids is 1. The summed E-state index contributed by atoms with van der Waals surface area (Å²) in [5, 5.41) is 3.56. The second kappa shape index (κ2) is 7.22. The highest BCUT2D eigenvalue weighted by molar-refractivity contribution is 9.10. The van der Waals surface area contributed by atoms with E-state index in [1.54, 1.807) is 37.3 Å². The summed E-state index contributed by atoms with van der Waals surface area (Å²) in [6.45, 7) is 1.62. The Hall–Kier alpha value is -1.43. The van der Waals surface area contributed by atoms with Crippen molar-refractivity contribution < 1.29 is 9.53 Å². The molecule has 0 aliphatic rings. The molecule has 0 heterocycles. The van der Waals surface area contributed by atoms with E-state index in [4.69, 9.17) is 33.7 Å². The molecule has 0 unspecified atom stereocenters. The molecule has 1 amide bonds. The Balaban J connectivity index is 2.02. The normalized spacial score (nSPS) is 10.4. The molecule has 0 spiro atoms. The van der Waals surface area contributed by atoms with E-state index in [1.165, 1.54) is 0 Å². The van der Waals surface area contributed by atoms with Crippen LogP contribution in [0.5, 0.6) is 5.75 Å². The largest absolute Gasteiger partial charge is 0.482 e. The lowest BCUT2D eigenvalue weighted by Gasteiger charge is -2.12. The van der Waals surface area contributed by atoms with Crippen LogP contribution in [0.4, 0.5) is 11.4 Å². The lowest BCUT2D eigenvalue weighted by atomic mass is 10.2. The standard InChI is InChI=1S/C15H13BrCl2N2O2/c1-8-4-10(17)6-11(18)15(8)22-7-14(21)20-13-3-2-9(16)5-12(13)19/h2-6H,7,19H2,1H3,(H,20,21). The molecule has 0 saturated carbocycles. The van der Waals surface area contributed by atoms with E-state index in [2.05, 4.69) is 21.2 Å². The molecule has 4 nitrogen and oxygen atoms in total. The van der Waals surface area contributed by atoms with Gasteiger partial charge in [-0.2, -0.15) is 0 Å². The number of benzene rings is 2. The van der Waals surface area contributed by atoms with Crippen LogP contribution in [-0.4, -0.2) is 12.5 Å². The van der Waals surface area contributed by atoms with Crippen molar-refractivity contribution in [3.05, 3.63) is 50.4 Å². The highest BCUT2D eigenvalue weighted by Crippen LogP contribution is 2.31. The van der Waals surface area contributed by atoms with E-state index in [-0.39, 0.29) is 12.5 Å². The summed E-state index contributed by atoms with van der Waals surface area (Å²) in [5.41, 5.74) is 7.56. The molecular formula is C15H13BrCl2N2O2. The lowest BCUT2D eigenvalue weighted by molar-refractivity contribution is -0.118. The maximum Gasteiger partial charge on any atom is 0.262 e. The van der Waals surface area contributed by atoms with Crippen molar-refractivity contribution >= 4 is 56.4 Å². The van der Waals surface area contributed by atoms with Crippen molar-refractivity contribution in [2.24, 2.45) is 0 Å². The number of hydrogen-bond donors (Lipinski definition) is 2. The monoisotopic (exact) mass is 402 g/mol. The Morgan fingerprint density at radius 3 is 2.68 bits per heavy atom. The zero-order valence-electron chi connectivity index (χ0n) is 11.6. The molecule has 0 bridgehead atoms. The number of aryl methyl sites for hydroxylation is 1. The van der Waals surface area contributed by atoms with Gasteiger partial charge in [0.25, 0.3) is 5.91 Å². The topological polar surface area (TPSA) is 64.3 Å². The summed E-state index contributed by atoms with van der Waals surface area (Å²) in [5.74, 6) is 0.101. The van der Waals surface area contributed by atoms with Gasteiger partial charge in [0.15, 0.2) is 6.61 Å². The number of nitrogens with two attached hydrogens (primary N) is 1. The van der Waals surface area contributed by atoms with Gasteiger partial charge < -0.3 is 15.8 Å². The summed E-state index contributed by atoms with van der Waals surface area (Å²) >= 11 is 15.2. The average Bonchev–Trinajstić information content (AvgIpc) is 2.40. The fourth-order valence-corrected chi connectivity index (χ4v) is 2.87. The van der Waals surface area contributed by atoms with E-state index in [0.717, 1.165) is 10.0 Å². The van der Waals surface area contributed by atoms with Crippen molar-refractivity contribution in [1.29, 1.82) is 0 Å². The van der Waals surface area contributed by atoms with Gasteiger partial charge in [0.05, 0.1) is 16.4 Å². The Labute approximate surface area is 146 Å². The Bertz CT molecular complexity index is 700. The van der Waals surface area contributed by atoms with Crippen LogP contribution in [0.15, 0.2) is 34.8 Å². The Kier molecular flexibility index (Phi) is 5.56. The summed E-state index contributed by atoms with van der Waals surface area (Å²) in [6.07, 6.45) is 0. The fraction of sp³-hybridized carbons (Fsp3) is 0.133. The molecule has 0 saturated heterocycles. The van der Waals surface area contributed by atoms with Crippen LogP contribution < -0.4 is 15.8 Å². The minimum Gasteiger partial charge on any atom is -0.482 e. The highest BCUT2D eigenvalue weighted by Gasteiger charge is 2.11. The number of ether oxygens (including phenoxy) is 1. The number of rotatable bonds is 4. The lowest BCUT2D eigenvalue weighted by Crippen LogP contribution is -2.21. The summed E-state index contributed by atoms with van der Waals surface area (Å²) in [7, 11) is 0. The number of hydrogen-bond acceptors (Lipinski definition) is 3. The Morgan fingerprint density at radius 2 is 2.05 bits per heavy atom.